The van der Waals surface area contributed by atoms with E-state index in [2.05, 4.69) is 0 Å². The number of non-ortho nitro benzene ring substituents is 1. The number of carbonyl (C=O) groups excluding carboxylic acids is 1. The molecule has 0 radical (unpaired) electrons. The number of morpholine rings is 1. The lowest BCUT2D eigenvalue weighted by Crippen LogP contribution is -2.50. The minimum Gasteiger partial charge on any atom is -0.367 e. The number of nitro benzene ring substituents is 1. The van der Waals surface area contributed by atoms with E-state index in [1.807, 2.05) is 0 Å². The van der Waals surface area contributed by atoms with Gasteiger partial charge in [-0.3, -0.25) is 14.9 Å². The number of nitrogens with two attached hydrogens (primary N) is 1. The molecule has 1 amide bonds. The Morgan fingerprint density at radius 2 is 1.96 bits per heavy atom. The van der Waals surface area contributed by atoms with Crippen LogP contribution >= 0.6 is 0 Å². The molecule has 0 saturated carbocycles. The molecule has 0 spiro atoms. The van der Waals surface area contributed by atoms with E-state index in [-0.39, 0.29) is 13.2 Å². The predicted molar refractivity (Wildman–Crippen MR) is 70.7 cm³/mol. The summed E-state index contributed by atoms with van der Waals surface area (Å²) in [5.41, 5.74) is 4.10. The lowest BCUT2D eigenvalue weighted by molar-refractivity contribution is -0.385. The van der Waals surface area contributed by atoms with Gasteiger partial charge in [-0.2, -0.15) is 4.31 Å². The van der Waals surface area contributed by atoms with Crippen LogP contribution in [-0.2, 0) is 19.6 Å². The molecule has 1 fully saturated rings. The quantitative estimate of drug-likeness (QED) is 0.587. The lowest BCUT2D eigenvalue weighted by atomic mass is 10.3. The average Bonchev–Trinajstić information content (AvgIpc) is 2.46. The number of hydrogen-bond donors (Lipinski definition) is 1. The van der Waals surface area contributed by atoms with Crippen molar-refractivity contribution in [3.63, 3.8) is 0 Å². The van der Waals surface area contributed by atoms with Crippen LogP contribution in [0.15, 0.2) is 17.0 Å². The molecule has 1 aliphatic rings. The normalized spacial score (nSPS) is 19.5. The highest BCUT2D eigenvalue weighted by molar-refractivity contribution is 7.89. The van der Waals surface area contributed by atoms with Crippen molar-refractivity contribution in [1.82, 2.24) is 4.31 Å². The van der Waals surface area contributed by atoms with Crippen molar-refractivity contribution in [3.8, 4) is 0 Å². The number of benzene rings is 1. The molecule has 1 saturated heterocycles. The Hall–Kier alpha value is -2.18. The summed E-state index contributed by atoms with van der Waals surface area (Å²) in [5.74, 6) is -4.12. The van der Waals surface area contributed by atoms with Gasteiger partial charge < -0.3 is 10.5 Å². The van der Waals surface area contributed by atoms with E-state index in [1.54, 1.807) is 0 Å². The monoisotopic (exact) mass is 351 g/mol. The van der Waals surface area contributed by atoms with Crippen molar-refractivity contribution in [2.45, 2.75) is 11.0 Å². The summed E-state index contributed by atoms with van der Waals surface area (Å²) in [6.45, 7) is -0.946. The topological polar surface area (TPSA) is 133 Å². The van der Waals surface area contributed by atoms with Gasteiger partial charge in [0.2, 0.25) is 15.9 Å². The highest BCUT2D eigenvalue weighted by atomic mass is 32.2. The molecular weight excluding hydrogens is 340 g/mol. The summed E-state index contributed by atoms with van der Waals surface area (Å²) in [6, 6.07) is 0.615. The Labute approximate surface area is 128 Å². The molecule has 1 aromatic carbocycles. The number of halogens is 2. The second-order valence-corrected chi connectivity index (χ2v) is 6.50. The Morgan fingerprint density at radius 1 is 1.39 bits per heavy atom. The number of nitrogens with zero attached hydrogens (tertiary/aromatic N) is 2. The Morgan fingerprint density at radius 3 is 2.43 bits per heavy atom. The summed E-state index contributed by atoms with van der Waals surface area (Å²) in [6.07, 6.45) is -1.25. The van der Waals surface area contributed by atoms with Crippen molar-refractivity contribution in [2.24, 2.45) is 5.73 Å². The largest absolute Gasteiger partial charge is 0.367 e. The van der Waals surface area contributed by atoms with Gasteiger partial charge in [0.15, 0.2) is 16.5 Å². The van der Waals surface area contributed by atoms with Crippen LogP contribution in [0.3, 0.4) is 0 Å². The van der Waals surface area contributed by atoms with Crippen LogP contribution in [-0.4, -0.2) is 49.4 Å². The van der Waals surface area contributed by atoms with Gasteiger partial charge in [-0.15, -0.1) is 0 Å². The van der Waals surface area contributed by atoms with Gasteiger partial charge in [0.05, 0.1) is 23.7 Å². The molecule has 12 heteroatoms. The van der Waals surface area contributed by atoms with E-state index in [9.17, 15) is 32.1 Å². The molecule has 126 valence electrons. The van der Waals surface area contributed by atoms with E-state index in [1.165, 1.54) is 0 Å². The standard InChI is InChI=1S/C11H11F2N3O6S/c12-7-3-6(16(18)19)4-8(13)10(7)23(20,21)15-1-2-22-9(5-15)11(14)17/h3-4,9H,1-2,5H2,(H2,14,17)/t9-/m0/s1. The molecule has 0 unspecified atom stereocenters. The molecule has 2 rings (SSSR count). The SMILES string of the molecule is NC(=O)[C@@H]1CN(S(=O)(=O)c2c(F)cc([N+](=O)[O-])cc2F)CCO1. The molecule has 0 bridgehead atoms. The Bertz CT molecular complexity index is 746. The number of ether oxygens (including phenoxy) is 1. The number of primary amides is 1. The van der Waals surface area contributed by atoms with Crippen molar-refractivity contribution < 1.29 is 31.7 Å². The van der Waals surface area contributed by atoms with Gasteiger partial charge in [0, 0.05) is 13.1 Å². The zero-order valence-corrected chi connectivity index (χ0v) is 12.3. The number of carbonyl (C=O) groups is 1. The molecular formula is C11H11F2N3O6S. The van der Waals surface area contributed by atoms with E-state index >= 15 is 0 Å². The summed E-state index contributed by atoms with van der Waals surface area (Å²) in [7, 11) is -4.66. The molecule has 23 heavy (non-hydrogen) atoms. The van der Waals surface area contributed by atoms with E-state index in [4.69, 9.17) is 10.5 Å². The molecule has 1 aromatic rings. The van der Waals surface area contributed by atoms with E-state index in [0.29, 0.717) is 16.4 Å². The molecule has 1 heterocycles. The maximum atomic E-state index is 13.9. The Balaban J connectivity index is 2.44. The van der Waals surface area contributed by atoms with Gasteiger partial charge in [0.25, 0.3) is 5.69 Å². The van der Waals surface area contributed by atoms with Gasteiger partial charge in [-0.05, 0) is 0 Å². The van der Waals surface area contributed by atoms with Crippen LogP contribution in [0.25, 0.3) is 0 Å². The fraction of sp³-hybridized carbons (Fsp3) is 0.364. The van der Waals surface area contributed by atoms with Crippen LogP contribution in [0, 0.1) is 21.7 Å². The van der Waals surface area contributed by atoms with Crippen LogP contribution in [0.1, 0.15) is 0 Å². The van der Waals surface area contributed by atoms with Crippen molar-refractivity contribution >= 4 is 21.6 Å². The molecule has 2 N–H and O–H groups in total. The number of hydrogen-bond acceptors (Lipinski definition) is 6. The highest BCUT2D eigenvalue weighted by Crippen LogP contribution is 2.28. The third kappa shape index (κ3) is 3.28. The lowest BCUT2D eigenvalue weighted by Gasteiger charge is -2.30. The second-order valence-electron chi connectivity index (χ2n) is 4.62. The smallest absolute Gasteiger partial charge is 0.275 e. The summed E-state index contributed by atoms with van der Waals surface area (Å²) in [5, 5.41) is 10.5. The number of amides is 1. The van der Waals surface area contributed by atoms with Crippen LogP contribution in [0.5, 0.6) is 0 Å². The van der Waals surface area contributed by atoms with Crippen LogP contribution < -0.4 is 5.73 Å². The van der Waals surface area contributed by atoms with Gasteiger partial charge in [-0.1, -0.05) is 0 Å². The van der Waals surface area contributed by atoms with Crippen molar-refractivity contribution in [3.05, 3.63) is 33.9 Å². The predicted octanol–water partition coefficient (Wildman–Crippen LogP) is -0.252. The van der Waals surface area contributed by atoms with E-state index in [0.717, 1.165) is 0 Å². The first-order valence-electron chi connectivity index (χ1n) is 6.19. The molecule has 0 aromatic heterocycles. The first-order chi connectivity index (χ1) is 10.6. The van der Waals surface area contributed by atoms with Gasteiger partial charge >= 0.3 is 0 Å². The fourth-order valence-electron chi connectivity index (χ4n) is 2.04. The van der Waals surface area contributed by atoms with Crippen LogP contribution in [0.2, 0.25) is 0 Å². The maximum Gasteiger partial charge on any atom is 0.275 e. The van der Waals surface area contributed by atoms with E-state index < -0.39 is 55.7 Å². The zero-order valence-electron chi connectivity index (χ0n) is 11.4. The summed E-state index contributed by atoms with van der Waals surface area (Å²) in [4.78, 5) is 19.2. The van der Waals surface area contributed by atoms with Crippen molar-refractivity contribution in [2.75, 3.05) is 19.7 Å². The molecule has 9 nitrogen and oxygen atoms in total. The Kier molecular flexibility index (Phi) is 4.58. The van der Waals surface area contributed by atoms with Gasteiger partial charge in [0.1, 0.15) is 6.10 Å². The minimum atomic E-state index is -4.66. The molecule has 1 atom stereocenters. The molecule has 0 aliphatic carbocycles. The number of rotatable bonds is 4. The number of nitro groups is 1. The summed E-state index contributed by atoms with van der Waals surface area (Å²) >= 11 is 0. The second kappa shape index (κ2) is 6.14. The average molecular weight is 351 g/mol. The zero-order chi connectivity index (χ0) is 17.4. The fourth-order valence-corrected chi connectivity index (χ4v) is 3.56. The third-order valence-corrected chi connectivity index (χ3v) is 5.06. The van der Waals surface area contributed by atoms with Gasteiger partial charge in [-0.25, -0.2) is 17.2 Å². The molecule has 1 aliphatic heterocycles. The van der Waals surface area contributed by atoms with Crippen molar-refractivity contribution in [1.29, 1.82) is 0 Å². The summed E-state index contributed by atoms with van der Waals surface area (Å²) < 4.78 is 58.1. The minimum absolute atomic E-state index is 0.191. The maximum absolute atomic E-state index is 13.9. The highest BCUT2D eigenvalue weighted by Gasteiger charge is 2.37. The number of sulfonamides is 1. The first kappa shape index (κ1) is 17.2. The first-order valence-corrected chi connectivity index (χ1v) is 7.63. The van der Waals surface area contributed by atoms with Crippen LogP contribution in [0.4, 0.5) is 14.5 Å². The third-order valence-electron chi connectivity index (χ3n) is 3.14.